The highest BCUT2D eigenvalue weighted by molar-refractivity contribution is 5.76. The highest BCUT2D eigenvalue weighted by Gasteiger charge is 2.67. The third-order valence-corrected chi connectivity index (χ3v) is 15.9. The summed E-state index contributed by atoms with van der Waals surface area (Å²) < 4.78 is 191. The van der Waals surface area contributed by atoms with Crippen molar-refractivity contribution in [3.05, 3.63) is 72.1 Å². The third-order valence-electron chi connectivity index (χ3n) is 15.9. The molecule has 31 nitrogen and oxygen atoms in total. The lowest BCUT2D eigenvalue weighted by molar-refractivity contribution is -0.208. The number of alkyl carbamates (subject to hydrolysis) is 1. The highest BCUT2D eigenvalue weighted by Crippen LogP contribution is 2.49. The van der Waals surface area contributed by atoms with Gasteiger partial charge in [0.1, 0.15) is 65.9 Å². The first kappa shape index (κ1) is 78.2. The lowest BCUT2D eigenvalue weighted by Gasteiger charge is -2.42. The van der Waals surface area contributed by atoms with Crippen molar-refractivity contribution in [1.82, 2.24) is 35.9 Å². The fourth-order valence-corrected chi connectivity index (χ4v) is 11.4. The monoisotopic (exact) mass is 1440 g/mol. The Morgan fingerprint density at radius 3 is 1.32 bits per heavy atom. The number of hydrogen-bond acceptors (Lipinski definition) is 28. The number of nitrogens with zero attached hydrogens (tertiary/aromatic N) is 4. The van der Waals surface area contributed by atoms with Gasteiger partial charge in [0.2, 0.25) is 11.8 Å². The number of fused-ring (bicyclic) bond motifs is 8. The molecule has 1 aromatic carbocycles. The molecule has 0 unspecified atom stereocenters. The highest BCUT2D eigenvalue weighted by atomic mass is 19.4. The molecular weight excluding hydrogens is 1350 g/mol. The number of rotatable bonds is 45. The Hall–Kier alpha value is -5.95. The Kier molecular flexibility index (Phi) is 29.3. The first-order valence-electron chi connectivity index (χ1n) is 32.9. The van der Waals surface area contributed by atoms with Gasteiger partial charge in [-0.25, -0.2) is 14.8 Å². The summed E-state index contributed by atoms with van der Waals surface area (Å²) in [5.74, 6) is -2.83. The summed E-state index contributed by atoms with van der Waals surface area (Å²) in [5, 5.41) is 14.1. The van der Waals surface area contributed by atoms with Crippen LogP contribution in [0.4, 0.5) is 42.8 Å². The number of carbonyl (C=O) groups excluding carboxylic acids is 3. The van der Waals surface area contributed by atoms with Gasteiger partial charge >= 0.3 is 18.4 Å². The maximum Gasteiger partial charge on any atom is 0.434 e. The number of benzene rings is 1. The van der Waals surface area contributed by atoms with Gasteiger partial charge in [-0.2, -0.15) is 26.3 Å². The van der Waals surface area contributed by atoms with Gasteiger partial charge in [0.05, 0.1) is 176 Å². The standard InChI is InChI=1S/C63H89F6N9O22/c1-58(2)95-51-49(77-45-32-70-30-43(75-45)62(64,65)66)55-93-39-60(99-55,53(51)97-58)37-90-28-26-86-24-22-84-20-18-82-16-12-72-47(79)10-14-88-35-42(74-57(81)92-34-41-8-6-5-7-9-41)36-89-15-11-48(80)73-13-17-83-19-21-85-23-25-87-27-29-91-38-61-40-94-56(100-61)50(52-54(61)98-59(3,4)96-52)78-46-33-71-31-44(76-46)63(67,68)69/h5-9,30-33,42,49-56H,10-29,34-40H2,1-4H3,(H,72,79)(H,73,80)(H,74,81)(H,75,77)(H,76,78)/t49-,50-,51-,52-,53-,54-,55+,56+,60+,61+/m1/s1. The second-order valence-corrected chi connectivity index (χ2v) is 24.7. The number of nitrogens with one attached hydrogen (secondary N) is 5. The van der Waals surface area contributed by atoms with Gasteiger partial charge < -0.3 is 117 Å². The molecule has 0 spiro atoms. The van der Waals surface area contributed by atoms with E-state index in [0.717, 1.165) is 5.56 Å². The Morgan fingerprint density at radius 1 is 0.510 bits per heavy atom. The molecule has 10 atom stereocenters. The van der Waals surface area contributed by atoms with Crippen molar-refractivity contribution in [2.75, 3.05) is 169 Å². The molecule has 37 heteroatoms. The van der Waals surface area contributed by atoms with E-state index in [1.54, 1.807) is 27.7 Å². The molecule has 6 aliphatic heterocycles. The molecule has 0 radical (unpaired) electrons. The number of carbonyl (C=O) groups is 3. The van der Waals surface area contributed by atoms with Crippen molar-refractivity contribution in [1.29, 1.82) is 0 Å². The summed E-state index contributed by atoms with van der Waals surface area (Å²) >= 11 is 0. The number of halogens is 6. The number of alkyl halides is 6. The number of aromatic nitrogens is 4. The first-order chi connectivity index (χ1) is 48.0. The molecule has 4 bridgehead atoms. The Morgan fingerprint density at radius 2 is 0.910 bits per heavy atom. The van der Waals surface area contributed by atoms with Crippen LogP contribution in [0.15, 0.2) is 55.1 Å². The SMILES string of the molecule is CC1(C)O[C@@H]2[C@@H](Nc3cncc(C(F)(F)F)n3)[C@H]3OC[C@](COCCOCCOCCOCCNC(=O)CCOCC(COCCC(=O)NCCOCCOCCOCCOC[C@@]45CO[C@@H](O4)[C@H](Nc4cncc(C(F)(F)F)n4)[C@H]4OC(C)(C)O[C@H]45)NC(=O)OCc4ccccc4)(O3)[C@@H]2O1. The summed E-state index contributed by atoms with van der Waals surface area (Å²) in [4.78, 5) is 52.5. The molecular formula is C63H89F6N9O22. The minimum Gasteiger partial charge on any atom is -0.445 e. The van der Waals surface area contributed by atoms with E-state index in [1.807, 2.05) is 30.3 Å². The molecule has 3 amide bonds. The molecule has 6 aliphatic rings. The number of hydrogen-bond donors (Lipinski definition) is 5. The van der Waals surface area contributed by atoms with Gasteiger partial charge in [0.15, 0.2) is 35.5 Å². The van der Waals surface area contributed by atoms with Crippen LogP contribution in [0.5, 0.6) is 0 Å². The van der Waals surface area contributed by atoms with Crippen molar-refractivity contribution < 1.29 is 131 Å². The Labute approximate surface area is 573 Å². The van der Waals surface area contributed by atoms with Gasteiger partial charge in [-0.1, -0.05) is 30.3 Å². The van der Waals surface area contributed by atoms with Crippen molar-refractivity contribution in [2.24, 2.45) is 0 Å². The Balaban J connectivity index is 0.546. The molecule has 6 fully saturated rings. The molecule has 560 valence electrons. The average molecular weight is 1440 g/mol. The van der Waals surface area contributed by atoms with Crippen molar-refractivity contribution in [3.8, 4) is 0 Å². The zero-order chi connectivity index (χ0) is 71.1. The molecule has 5 N–H and O–H groups in total. The zero-order valence-corrected chi connectivity index (χ0v) is 56.0. The lowest BCUT2D eigenvalue weighted by Crippen LogP contribution is -2.63. The summed E-state index contributed by atoms with van der Waals surface area (Å²) in [6.45, 7) is 11.6. The Bertz CT molecular complexity index is 2830. The van der Waals surface area contributed by atoms with Crippen LogP contribution in [0.1, 0.15) is 57.5 Å². The lowest BCUT2D eigenvalue weighted by atomic mass is 9.88. The zero-order valence-electron chi connectivity index (χ0n) is 56.0. The molecule has 3 aromatic rings. The van der Waals surface area contributed by atoms with E-state index in [-0.39, 0.29) is 175 Å². The van der Waals surface area contributed by atoms with E-state index in [1.165, 1.54) is 12.4 Å². The quantitative estimate of drug-likeness (QED) is 0.0400. The van der Waals surface area contributed by atoms with Crippen LogP contribution in [0.3, 0.4) is 0 Å². The number of ether oxygens (including phenoxy) is 19. The van der Waals surface area contributed by atoms with E-state index >= 15 is 0 Å². The van der Waals surface area contributed by atoms with Crippen LogP contribution in [0.2, 0.25) is 0 Å². The molecule has 100 heavy (non-hydrogen) atoms. The van der Waals surface area contributed by atoms with Crippen LogP contribution in [0.25, 0.3) is 0 Å². The summed E-state index contributed by atoms with van der Waals surface area (Å²) in [6.07, 6.45) is -10.9. The second-order valence-electron chi connectivity index (χ2n) is 24.7. The van der Waals surface area contributed by atoms with E-state index < -0.39 is 108 Å². The minimum atomic E-state index is -4.68. The molecule has 6 saturated heterocycles. The predicted octanol–water partition coefficient (Wildman–Crippen LogP) is 3.33. The van der Waals surface area contributed by atoms with Crippen LogP contribution in [-0.4, -0.2) is 274 Å². The molecule has 9 rings (SSSR count). The van der Waals surface area contributed by atoms with Gasteiger partial charge in [-0.3, -0.25) is 19.6 Å². The van der Waals surface area contributed by atoms with Crippen molar-refractivity contribution >= 4 is 29.5 Å². The fourth-order valence-electron chi connectivity index (χ4n) is 11.4. The van der Waals surface area contributed by atoms with E-state index in [4.69, 9.17) is 90.0 Å². The smallest absolute Gasteiger partial charge is 0.434 e. The topological polar surface area (TPSA) is 338 Å². The normalized spacial score (nSPS) is 25.8. The molecule has 0 saturated carbocycles. The third kappa shape index (κ3) is 23.8. The summed E-state index contributed by atoms with van der Waals surface area (Å²) in [7, 11) is 0. The number of amides is 3. The second kappa shape index (κ2) is 37.5. The van der Waals surface area contributed by atoms with Crippen LogP contribution in [0, 0.1) is 0 Å². The van der Waals surface area contributed by atoms with Crippen LogP contribution in [-0.2, 0) is 119 Å². The van der Waals surface area contributed by atoms with Gasteiger partial charge in [0.25, 0.3) is 0 Å². The molecule has 8 heterocycles. The van der Waals surface area contributed by atoms with E-state index in [2.05, 4.69) is 46.5 Å². The van der Waals surface area contributed by atoms with Gasteiger partial charge in [0, 0.05) is 25.9 Å². The minimum absolute atomic E-state index is 0.0124. The van der Waals surface area contributed by atoms with Crippen molar-refractivity contribution in [2.45, 2.75) is 137 Å². The van der Waals surface area contributed by atoms with Gasteiger partial charge in [-0.05, 0) is 33.3 Å². The van der Waals surface area contributed by atoms with Crippen LogP contribution >= 0.6 is 0 Å². The maximum atomic E-state index is 13.3. The molecule has 0 aliphatic carbocycles. The first-order valence-corrected chi connectivity index (χ1v) is 32.9. The number of anilines is 2. The summed E-state index contributed by atoms with van der Waals surface area (Å²) in [5.41, 5.74) is -3.59. The predicted molar refractivity (Wildman–Crippen MR) is 331 cm³/mol. The van der Waals surface area contributed by atoms with E-state index in [0.29, 0.717) is 38.8 Å². The van der Waals surface area contributed by atoms with Crippen molar-refractivity contribution in [3.63, 3.8) is 0 Å². The maximum absolute atomic E-state index is 13.3. The summed E-state index contributed by atoms with van der Waals surface area (Å²) in [6, 6.07) is 6.94. The van der Waals surface area contributed by atoms with Gasteiger partial charge in [-0.15, -0.1) is 0 Å². The average Bonchev–Trinajstić information content (AvgIpc) is 1.57. The van der Waals surface area contributed by atoms with E-state index in [9.17, 15) is 40.7 Å². The largest absolute Gasteiger partial charge is 0.445 e. The van der Waals surface area contributed by atoms with Crippen LogP contribution < -0.4 is 26.6 Å². The molecule has 2 aromatic heterocycles. The fraction of sp³-hybridized carbons (Fsp3) is 0.730.